The van der Waals surface area contributed by atoms with E-state index in [1.54, 1.807) is 11.1 Å². The fourth-order valence-electron chi connectivity index (χ4n) is 13.9. The first-order valence-electron chi connectivity index (χ1n) is 23.1. The lowest BCUT2D eigenvalue weighted by Gasteiger charge is -2.61. The van der Waals surface area contributed by atoms with Crippen molar-refractivity contribution in [2.75, 3.05) is 4.90 Å². The van der Waals surface area contributed by atoms with Gasteiger partial charge in [-0.1, -0.05) is 166 Å². The maximum absolute atomic E-state index is 2.56. The minimum absolute atomic E-state index is 0.0627. The van der Waals surface area contributed by atoms with Gasteiger partial charge < -0.3 is 4.90 Å². The molecule has 4 bridgehead atoms. The van der Waals surface area contributed by atoms with Gasteiger partial charge in [0.15, 0.2) is 0 Å². The summed E-state index contributed by atoms with van der Waals surface area (Å²) in [7, 11) is 0. The van der Waals surface area contributed by atoms with Gasteiger partial charge >= 0.3 is 0 Å². The van der Waals surface area contributed by atoms with Crippen LogP contribution < -0.4 is 4.90 Å². The molecule has 0 unspecified atom stereocenters. The van der Waals surface area contributed by atoms with Gasteiger partial charge in [-0.3, -0.25) is 0 Å². The number of benzene rings is 8. The summed E-state index contributed by atoms with van der Waals surface area (Å²) in [5.74, 6) is 3.18. The van der Waals surface area contributed by atoms with E-state index in [-0.39, 0.29) is 10.8 Å². The summed E-state index contributed by atoms with van der Waals surface area (Å²) in [6, 6.07) is 71.4. The molecule has 6 aliphatic carbocycles. The minimum atomic E-state index is -0.157. The third kappa shape index (κ3) is 5.15. The highest BCUT2D eigenvalue weighted by atomic mass is 15.1. The third-order valence-electron chi connectivity index (χ3n) is 16.3. The quantitative estimate of drug-likeness (QED) is 0.162. The molecular formula is C61H51N. The number of rotatable bonds is 6. The molecule has 0 atom stereocenters. The predicted molar refractivity (Wildman–Crippen MR) is 258 cm³/mol. The first kappa shape index (κ1) is 36.2. The fourth-order valence-corrected chi connectivity index (χ4v) is 13.9. The van der Waals surface area contributed by atoms with E-state index in [2.05, 4.69) is 207 Å². The second kappa shape index (κ2) is 13.5. The molecule has 0 heterocycles. The number of hydrogen-bond acceptors (Lipinski definition) is 1. The van der Waals surface area contributed by atoms with Crippen molar-refractivity contribution in [1.29, 1.82) is 0 Å². The number of nitrogens with zero attached hydrogens (tertiary/aromatic N) is 1. The number of anilines is 3. The van der Waals surface area contributed by atoms with Crippen molar-refractivity contribution in [1.82, 2.24) is 0 Å². The summed E-state index contributed by atoms with van der Waals surface area (Å²) in [5.41, 5.74) is 22.8. The first-order chi connectivity index (χ1) is 30.5. The summed E-state index contributed by atoms with van der Waals surface area (Å²) in [5, 5.41) is 0. The van der Waals surface area contributed by atoms with Gasteiger partial charge in [-0.15, -0.1) is 0 Å². The molecule has 1 heteroatoms. The zero-order chi connectivity index (χ0) is 41.2. The summed E-state index contributed by atoms with van der Waals surface area (Å²) in [6.45, 7) is 4.82. The Bertz CT molecular complexity index is 3020. The maximum Gasteiger partial charge on any atom is 0.0540 e. The summed E-state index contributed by atoms with van der Waals surface area (Å²) in [6.07, 6.45) is 6.94. The van der Waals surface area contributed by atoms with Gasteiger partial charge in [0.05, 0.1) is 5.69 Å². The van der Waals surface area contributed by atoms with Gasteiger partial charge in [-0.05, 0) is 164 Å². The van der Waals surface area contributed by atoms with E-state index in [1.165, 1.54) is 110 Å². The molecule has 0 saturated heterocycles. The van der Waals surface area contributed by atoms with Crippen LogP contribution in [0.3, 0.4) is 0 Å². The Balaban J connectivity index is 1.01. The van der Waals surface area contributed by atoms with Gasteiger partial charge in [-0.25, -0.2) is 0 Å². The minimum Gasteiger partial charge on any atom is -0.310 e. The molecule has 4 saturated carbocycles. The summed E-state index contributed by atoms with van der Waals surface area (Å²) in [4.78, 5) is 2.56. The first-order valence-corrected chi connectivity index (χ1v) is 23.1. The number of hydrogen-bond donors (Lipinski definition) is 0. The Morgan fingerprint density at radius 3 is 1.61 bits per heavy atom. The Hall–Kier alpha value is -6.44. The topological polar surface area (TPSA) is 3.24 Å². The lowest BCUT2D eigenvalue weighted by molar-refractivity contribution is -0.0397. The van der Waals surface area contributed by atoms with E-state index < -0.39 is 0 Å². The third-order valence-corrected chi connectivity index (χ3v) is 16.3. The van der Waals surface area contributed by atoms with E-state index in [1.807, 2.05) is 0 Å². The van der Waals surface area contributed by atoms with Gasteiger partial charge in [0.25, 0.3) is 0 Å². The zero-order valence-electron chi connectivity index (χ0n) is 35.7. The van der Waals surface area contributed by atoms with Crippen molar-refractivity contribution in [3.05, 3.63) is 210 Å². The average molecular weight is 798 g/mol. The van der Waals surface area contributed by atoms with Crippen LogP contribution in [0, 0.1) is 23.7 Å². The molecule has 8 aromatic rings. The van der Waals surface area contributed by atoms with Crippen molar-refractivity contribution >= 4 is 17.1 Å². The van der Waals surface area contributed by atoms with E-state index in [0.29, 0.717) is 11.8 Å². The molecule has 62 heavy (non-hydrogen) atoms. The van der Waals surface area contributed by atoms with Crippen LogP contribution in [0.1, 0.15) is 68.2 Å². The number of para-hydroxylation sites is 1. The van der Waals surface area contributed by atoms with Crippen LogP contribution in [0.15, 0.2) is 188 Å². The largest absolute Gasteiger partial charge is 0.310 e. The molecule has 8 aromatic carbocycles. The van der Waals surface area contributed by atoms with Crippen molar-refractivity contribution in [3.63, 3.8) is 0 Å². The maximum atomic E-state index is 2.56. The molecule has 1 spiro atoms. The van der Waals surface area contributed by atoms with Crippen LogP contribution in [0.2, 0.25) is 0 Å². The monoisotopic (exact) mass is 797 g/mol. The molecule has 0 aromatic heterocycles. The standard InChI is InChI=1S/C61H51N/c1-60(2)55-31-26-44(42-16-7-4-8-17-42)37-54(55)50-30-29-48(38-57(50)60)62(47-27-24-43(25-28-47)41-14-5-3-6-15-41)58-23-12-10-19-51(58)53-21-13-20-52-49-18-9-11-22-56(49)61(59(52)53)45-33-39-32-40(35-45)36-46(61)34-39/h3-31,37-40,45-46H,32-36H2,1-2H3. The second-order valence-electron chi connectivity index (χ2n) is 19.7. The van der Waals surface area contributed by atoms with Crippen LogP contribution in [0.25, 0.3) is 55.6 Å². The number of fused-ring (bicyclic) bond motifs is 6. The zero-order valence-corrected chi connectivity index (χ0v) is 35.7. The summed E-state index contributed by atoms with van der Waals surface area (Å²) >= 11 is 0. The average Bonchev–Trinajstić information content (AvgIpc) is 3.74. The van der Waals surface area contributed by atoms with Crippen LogP contribution in [-0.4, -0.2) is 0 Å². The van der Waals surface area contributed by atoms with Crippen molar-refractivity contribution in [3.8, 4) is 55.6 Å². The lowest BCUT2D eigenvalue weighted by atomic mass is 9.42. The smallest absolute Gasteiger partial charge is 0.0540 e. The second-order valence-corrected chi connectivity index (χ2v) is 19.7. The van der Waals surface area contributed by atoms with Crippen LogP contribution in [0.4, 0.5) is 17.1 Å². The van der Waals surface area contributed by atoms with E-state index in [9.17, 15) is 0 Å². The van der Waals surface area contributed by atoms with Crippen molar-refractivity contribution < 1.29 is 0 Å². The van der Waals surface area contributed by atoms with Crippen LogP contribution in [0.5, 0.6) is 0 Å². The lowest BCUT2D eigenvalue weighted by Crippen LogP contribution is -2.55. The van der Waals surface area contributed by atoms with Gasteiger partial charge in [0, 0.05) is 27.8 Å². The van der Waals surface area contributed by atoms with Crippen LogP contribution >= 0.6 is 0 Å². The Morgan fingerprint density at radius 2 is 0.903 bits per heavy atom. The molecule has 1 nitrogen and oxygen atoms in total. The van der Waals surface area contributed by atoms with Crippen LogP contribution in [-0.2, 0) is 10.8 Å². The van der Waals surface area contributed by atoms with E-state index in [4.69, 9.17) is 0 Å². The molecule has 0 amide bonds. The predicted octanol–water partition coefficient (Wildman–Crippen LogP) is 16.2. The van der Waals surface area contributed by atoms with E-state index >= 15 is 0 Å². The molecule has 14 rings (SSSR count). The molecule has 0 N–H and O–H groups in total. The van der Waals surface area contributed by atoms with Crippen molar-refractivity contribution in [2.24, 2.45) is 23.7 Å². The Morgan fingerprint density at radius 1 is 0.371 bits per heavy atom. The van der Waals surface area contributed by atoms with Gasteiger partial charge in [-0.2, -0.15) is 0 Å². The molecule has 6 aliphatic rings. The van der Waals surface area contributed by atoms with Gasteiger partial charge in [0.2, 0.25) is 0 Å². The van der Waals surface area contributed by atoms with Gasteiger partial charge in [0.1, 0.15) is 0 Å². The van der Waals surface area contributed by atoms with Crippen molar-refractivity contribution in [2.45, 2.75) is 56.8 Å². The highest BCUT2D eigenvalue weighted by molar-refractivity contribution is 5.96. The molecular weight excluding hydrogens is 747 g/mol. The highest BCUT2D eigenvalue weighted by Gasteiger charge is 2.62. The van der Waals surface area contributed by atoms with E-state index in [0.717, 1.165) is 17.5 Å². The Labute approximate surface area is 366 Å². The SMILES string of the molecule is CC1(C)c2ccc(-c3ccccc3)cc2-c2ccc(N(c3ccc(-c4ccccc4)cc3)c3ccccc3-c3cccc4c3C3(c5ccccc5-4)C4CC5CC(C4)CC3C5)cc21. The molecule has 0 aliphatic heterocycles. The Kier molecular flexibility index (Phi) is 7.91. The highest BCUT2D eigenvalue weighted by Crippen LogP contribution is 2.70. The summed E-state index contributed by atoms with van der Waals surface area (Å²) < 4.78 is 0. The molecule has 4 fully saturated rings. The fraction of sp³-hybridized carbons (Fsp3) is 0.213. The molecule has 300 valence electrons. The molecule has 0 radical (unpaired) electrons. The normalized spacial score (nSPS) is 22.9.